The fourth-order valence-electron chi connectivity index (χ4n) is 3.24. The highest BCUT2D eigenvalue weighted by atomic mass is 32.2. The zero-order valence-corrected chi connectivity index (χ0v) is 17.8. The second-order valence-corrected chi connectivity index (χ2v) is 8.77. The van der Waals surface area contributed by atoms with Crippen LogP contribution in [0.15, 0.2) is 45.8 Å². The third kappa shape index (κ3) is 4.48. The number of nitrogens with one attached hydrogen (secondary N) is 2. The first-order chi connectivity index (χ1) is 13.6. The molecule has 7 nitrogen and oxygen atoms in total. The number of carbonyl (C=O) groups excluding carboxylic acids is 1. The van der Waals surface area contributed by atoms with Crippen molar-refractivity contribution in [2.75, 3.05) is 10.0 Å². The first kappa shape index (κ1) is 20.6. The van der Waals surface area contributed by atoms with E-state index in [1.54, 1.807) is 44.2 Å². The van der Waals surface area contributed by atoms with Crippen LogP contribution in [0.3, 0.4) is 0 Å². The molecule has 0 fully saturated rings. The molecule has 0 aliphatic heterocycles. The smallest absolute Gasteiger partial charge is 0.262 e. The van der Waals surface area contributed by atoms with Crippen LogP contribution in [-0.4, -0.2) is 19.5 Å². The lowest BCUT2D eigenvalue weighted by molar-refractivity contribution is -0.114. The van der Waals surface area contributed by atoms with Crippen molar-refractivity contribution in [3.8, 4) is 11.1 Å². The van der Waals surface area contributed by atoms with Crippen LogP contribution in [0.25, 0.3) is 11.1 Å². The predicted molar refractivity (Wildman–Crippen MR) is 112 cm³/mol. The van der Waals surface area contributed by atoms with Gasteiger partial charge in [-0.25, -0.2) is 8.42 Å². The molecule has 8 heteroatoms. The Morgan fingerprint density at radius 1 is 1.00 bits per heavy atom. The number of anilines is 2. The molecule has 1 amide bonds. The summed E-state index contributed by atoms with van der Waals surface area (Å²) in [5.74, 6) is -0.122. The minimum atomic E-state index is -3.83. The number of benzene rings is 2. The monoisotopic (exact) mass is 413 g/mol. The number of nitrogens with zero attached hydrogens (tertiary/aromatic N) is 1. The van der Waals surface area contributed by atoms with Gasteiger partial charge in [-0.2, -0.15) is 0 Å². The van der Waals surface area contributed by atoms with E-state index in [4.69, 9.17) is 4.52 Å². The van der Waals surface area contributed by atoms with Crippen molar-refractivity contribution < 1.29 is 17.7 Å². The quantitative estimate of drug-likeness (QED) is 0.648. The Labute approximate surface area is 170 Å². The Morgan fingerprint density at radius 3 is 2.28 bits per heavy atom. The zero-order valence-electron chi connectivity index (χ0n) is 17.0. The van der Waals surface area contributed by atoms with Gasteiger partial charge in [0.2, 0.25) is 11.8 Å². The summed E-state index contributed by atoms with van der Waals surface area (Å²) in [6.07, 6.45) is 0. The van der Waals surface area contributed by atoms with E-state index in [2.05, 4.69) is 15.2 Å². The molecule has 29 heavy (non-hydrogen) atoms. The second-order valence-electron chi connectivity index (χ2n) is 7.12. The van der Waals surface area contributed by atoms with E-state index in [1.165, 1.54) is 6.92 Å². The Balaban J connectivity index is 2.06. The highest BCUT2D eigenvalue weighted by Crippen LogP contribution is 2.34. The number of carbonyl (C=O) groups is 1. The number of rotatable bonds is 5. The highest BCUT2D eigenvalue weighted by Gasteiger charge is 2.22. The minimum absolute atomic E-state index is 0.142. The fourth-order valence-corrected chi connectivity index (χ4v) is 4.56. The third-order valence-electron chi connectivity index (χ3n) is 4.39. The maximum atomic E-state index is 13.1. The van der Waals surface area contributed by atoms with E-state index >= 15 is 0 Å². The van der Waals surface area contributed by atoms with Gasteiger partial charge in [-0.05, 0) is 68.1 Å². The molecule has 0 unspecified atom stereocenters. The van der Waals surface area contributed by atoms with Gasteiger partial charge in [0.15, 0.2) is 0 Å². The fraction of sp³-hybridized carbons (Fsp3) is 0.238. The summed E-state index contributed by atoms with van der Waals surface area (Å²) < 4.78 is 34.0. The molecule has 1 heterocycles. The predicted octanol–water partition coefficient (Wildman–Crippen LogP) is 4.33. The van der Waals surface area contributed by atoms with E-state index in [9.17, 15) is 13.2 Å². The van der Waals surface area contributed by atoms with Crippen LogP contribution in [0.5, 0.6) is 0 Å². The molecule has 2 aromatic carbocycles. The number of sulfonamides is 1. The van der Waals surface area contributed by atoms with Crippen LogP contribution in [0.2, 0.25) is 0 Å². The van der Waals surface area contributed by atoms with E-state index in [0.29, 0.717) is 28.1 Å². The van der Waals surface area contributed by atoms with Crippen LogP contribution in [0, 0.1) is 27.7 Å². The Kier molecular flexibility index (Phi) is 5.48. The molecular formula is C21H23N3O4S. The van der Waals surface area contributed by atoms with Gasteiger partial charge in [0.25, 0.3) is 10.0 Å². The molecule has 0 saturated carbocycles. The Morgan fingerprint density at radius 2 is 1.66 bits per heavy atom. The summed E-state index contributed by atoms with van der Waals surface area (Å²) in [5, 5.41) is 6.48. The van der Waals surface area contributed by atoms with Crippen molar-refractivity contribution in [1.82, 2.24) is 5.16 Å². The van der Waals surface area contributed by atoms with Crippen LogP contribution < -0.4 is 10.0 Å². The molecule has 152 valence electrons. The molecule has 2 N–H and O–H groups in total. The average molecular weight is 413 g/mol. The number of hydrogen-bond donors (Lipinski definition) is 2. The molecule has 3 aromatic rings. The summed E-state index contributed by atoms with van der Waals surface area (Å²) in [4.78, 5) is 11.6. The van der Waals surface area contributed by atoms with Crippen molar-refractivity contribution in [1.29, 1.82) is 0 Å². The molecule has 0 radical (unpaired) electrons. The summed E-state index contributed by atoms with van der Waals surface area (Å²) in [5.41, 5.74) is 4.71. The average Bonchev–Trinajstić information content (AvgIpc) is 2.93. The van der Waals surface area contributed by atoms with Gasteiger partial charge in [-0.3, -0.25) is 14.8 Å². The van der Waals surface area contributed by atoms with Gasteiger partial charge >= 0.3 is 0 Å². The summed E-state index contributed by atoms with van der Waals surface area (Å²) in [7, 11) is -3.83. The summed E-state index contributed by atoms with van der Waals surface area (Å²) in [6, 6.07) is 10.6. The van der Waals surface area contributed by atoms with Gasteiger partial charge in [-0.1, -0.05) is 23.4 Å². The number of hydrogen-bond acceptors (Lipinski definition) is 5. The van der Waals surface area contributed by atoms with Crippen LogP contribution >= 0.6 is 0 Å². The number of aryl methyl sites for hydroxylation is 4. The molecular weight excluding hydrogens is 390 g/mol. The molecule has 0 atom stereocenters. The number of amides is 1. The van der Waals surface area contributed by atoms with Crippen molar-refractivity contribution in [2.45, 2.75) is 39.5 Å². The van der Waals surface area contributed by atoms with Crippen LogP contribution in [-0.2, 0) is 14.8 Å². The maximum absolute atomic E-state index is 13.1. The van der Waals surface area contributed by atoms with E-state index in [1.807, 2.05) is 19.9 Å². The second kappa shape index (κ2) is 7.71. The van der Waals surface area contributed by atoms with E-state index < -0.39 is 10.0 Å². The Hall–Kier alpha value is -3.13. The largest absolute Gasteiger partial charge is 0.337 e. The zero-order chi connectivity index (χ0) is 21.3. The first-order valence-electron chi connectivity index (χ1n) is 9.03. The van der Waals surface area contributed by atoms with Gasteiger partial charge in [0.1, 0.15) is 0 Å². The summed E-state index contributed by atoms with van der Waals surface area (Å²) >= 11 is 0. The number of aromatic nitrogens is 1. The van der Waals surface area contributed by atoms with Gasteiger partial charge < -0.3 is 4.52 Å². The lowest BCUT2D eigenvalue weighted by Gasteiger charge is -2.13. The van der Waals surface area contributed by atoms with Crippen molar-refractivity contribution in [2.24, 2.45) is 0 Å². The molecule has 0 aliphatic carbocycles. The molecule has 0 saturated heterocycles. The van der Waals surface area contributed by atoms with E-state index in [-0.39, 0.29) is 16.7 Å². The van der Waals surface area contributed by atoms with Gasteiger partial charge in [0, 0.05) is 12.6 Å². The third-order valence-corrected chi connectivity index (χ3v) is 5.92. The van der Waals surface area contributed by atoms with Crippen molar-refractivity contribution in [3.05, 3.63) is 58.8 Å². The lowest BCUT2D eigenvalue weighted by Crippen LogP contribution is -2.14. The lowest BCUT2D eigenvalue weighted by atomic mass is 10.0. The molecule has 1 aromatic heterocycles. The van der Waals surface area contributed by atoms with Crippen LogP contribution in [0.4, 0.5) is 11.6 Å². The first-order valence-corrected chi connectivity index (χ1v) is 10.5. The standard InChI is InChI=1S/C21H23N3O4S/c1-12-8-13(2)10-18(9-12)24-29(26,27)19-11-17(7-6-14(19)3)20-15(4)23-28-21(20)22-16(5)25/h6-11,24H,1-5H3,(H,22,25). The SMILES string of the molecule is CC(=O)Nc1onc(C)c1-c1ccc(C)c(S(=O)(=O)Nc2cc(C)cc(C)c2)c1. The highest BCUT2D eigenvalue weighted by molar-refractivity contribution is 7.92. The van der Waals surface area contributed by atoms with Gasteiger partial charge in [0.05, 0.1) is 16.2 Å². The van der Waals surface area contributed by atoms with Crippen molar-refractivity contribution in [3.63, 3.8) is 0 Å². The molecule has 0 aliphatic rings. The normalized spacial score (nSPS) is 11.3. The maximum Gasteiger partial charge on any atom is 0.262 e. The summed E-state index contributed by atoms with van der Waals surface area (Å²) in [6.45, 7) is 8.64. The molecule has 0 spiro atoms. The van der Waals surface area contributed by atoms with E-state index in [0.717, 1.165) is 11.1 Å². The van der Waals surface area contributed by atoms with Crippen LogP contribution in [0.1, 0.15) is 29.3 Å². The van der Waals surface area contributed by atoms with Gasteiger partial charge in [-0.15, -0.1) is 0 Å². The molecule has 0 bridgehead atoms. The van der Waals surface area contributed by atoms with Crippen molar-refractivity contribution >= 4 is 27.5 Å². The Bertz CT molecular complexity index is 1180. The molecule has 3 rings (SSSR count). The minimum Gasteiger partial charge on any atom is -0.337 e. The topological polar surface area (TPSA) is 101 Å².